The Morgan fingerprint density at radius 2 is 1.86 bits per heavy atom. The molecular weight excluding hydrogens is 272 g/mol. The minimum absolute atomic E-state index is 0.134. The van der Waals surface area contributed by atoms with Crippen LogP contribution in [0.15, 0.2) is 55.1 Å². The van der Waals surface area contributed by atoms with E-state index in [9.17, 15) is 4.79 Å². The van der Waals surface area contributed by atoms with Crippen LogP contribution >= 0.6 is 0 Å². The van der Waals surface area contributed by atoms with E-state index in [0.717, 1.165) is 36.8 Å². The first-order valence-corrected chi connectivity index (χ1v) is 7.79. The zero-order valence-corrected chi connectivity index (χ0v) is 12.6. The molecule has 0 fully saturated rings. The highest BCUT2D eigenvalue weighted by molar-refractivity contribution is 5.89. The van der Waals surface area contributed by atoms with Crippen molar-refractivity contribution >= 4 is 12.0 Å². The summed E-state index contributed by atoms with van der Waals surface area (Å²) in [5.41, 5.74) is 4.06. The largest absolute Gasteiger partial charge is 0.454 e. The van der Waals surface area contributed by atoms with E-state index in [1.165, 1.54) is 5.56 Å². The maximum absolute atomic E-state index is 12.4. The van der Waals surface area contributed by atoms with Gasteiger partial charge >= 0.3 is 5.97 Å². The average molecular weight is 292 g/mol. The van der Waals surface area contributed by atoms with Crippen LogP contribution in [0.25, 0.3) is 6.08 Å². The van der Waals surface area contributed by atoms with Crippen LogP contribution in [0.1, 0.15) is 52.4 Å². The Hall–Kier alpha value is -2.35. The molecule has 2 aromatic rings. The Morgan fingerprint density at radius 1 is 1.09 bits per heavy atom. The molecule has 1 aliphatic rings. The van der Waals surface area contributed by atoms with Gasteiger partial charge in [-0.15, -0.1) is 0 Å². The molecule has 22 heavy (non-hydrogen) atoms. The molecule has 2 aromatic carbocycles. The molecule has 0 aromatic heterocycles. The number of ether oxygens (including phenoxy) is 1. The number of hydrogen-bond acceptors (Lipinski definition) is 2. The molecule has 0 saturated carbocycles. The van der Waals surface area contributed by atoms with Crippen LogP contribution < -0.4 is 0 Å². The normalized spacial score (nSPS) is 17.2. The molecule has 3 rings (SSSR count). The Bertz CT molecular complexity index is 670. The van der Waals surface area contributed by atoms with Gasteiger partial charge in [0.1, 0.15) is 6.10 Å². The lowest BCUT2D eigenvalue weighted by Crippen LogP contribution is -2.12. The molecule has 1 aliphatic carbocycles. The molecule has 2 heteroatoms. The predicted octanol–water partition coefficient (Wildman–Crippen LogP) is 4.95. The van der Waals surface area contributed by atoms with Crippen molar-refractivity contribution in [3.63, 3.8) is 0 Å². The third-order valence-electron chi connectivity index (χ3n) is 4.20. The van der Waals surface area contributed by atoms with Crippen molar-refractivity contribution in [1.29, 1.82) is 0 Å². The second kappa shape index (κ2) is 6.61. The molecule has 0 radical (unpaired) electrons. The molecule has 0 N–H and O–H groups in total. The van der Waals surface area contributed by atoms with Crippen LogP contribution in [-0.2, 0) is 11.2 Å². The Balaban J connectivity index is 1.79. The third-order valence-corrected chi connectivity index (χ3v) is 4.20. The Labute approximate surface area is 131 Å². The van der Waals surface area contributed by atoms with Crippen molar-refractivity contribution in [2.75, 3.05) is 0 Å². The van der Waals surface area contributed by atoms with Crippen LogP contribution in [-0.4, -0.2) is 5.97 Å². The molecule has 2 nitrogen and oxygen atoms in total. The lowest BCUT2D eigenvalue weighted by Gasteiger charge is -2.18. The number of fused-ring (bicyclic) bond motifs is 1. The summed E-state index contributed by atoms with van der Waals surface area (Å²) in [4.78, 5) is 12.4. The van der Waals surface area contributed by atoms with E-state index in [1.807, 2.05) is 18.2 Å². The summed E-state index contributed by atoms with van der Waals surface area (Å²) < 4.78 is 5.79. The van der Waals surface area contributed by atoms with Crippen LogP contribution in [0.2, 0.25) is 0 Å². The summed E-state index contributed by atoms with van der Waals surface area (Å²) in [6, 6.07) is 15.6. The highest BCUT2D eigenvalue weighted by atomic mass is 16.5. The number of benzene rings is 2. The van der Waals surface area contributed by atoms with Crippen molar-refractivity contribution in [2.24, 2.45) is 0 Å². The molecule has 112 valence electrons. The summed E-state index contributed by atoms with van der Waals surface area (Å²) in [7, 11) is 0. The lowest BCUT2D eigenvalue weighted by atomic mass is 10.0. The fourth-order valence-corrected chi connectivity index (χ4v) is 2.95. The highest BCUT2D eigenvalue weighted by Crippen LogP contribution is 2.32. The summed E-state index contributed by atoms with van der Waals surface area (Å²) in [6.45, 7) is 3.72. The fourth-order valence-electron chi connectivity index (χ4n) is 2.95. The van der Waals surface area contributed by atoms with Gasteiger partial charge in [-0.3, -0.25) is 0 Å². The number of hydrogen-bond donors (Lipinski definition) is 0. The van der Waals surface area contributed by atoms with E-state index in [-0.39, 0.29) is 12.1 Å². The van der Waals surface area contributed by atoms with Crippen molar-refractivity contribution in [2.45, 2.75) is 31.8 Å². The average Bonchev–Trinajstić information content (AvgIpc) is 2.77. The van der Waals surface area contributed by atoms with Crippen molar-refractivity contribution in [1.82, 2.24) is 0 Å². The number of aryl methyl sites for hydroxylation is 1. The summed E-state index contributed by atoms with van der Waals surface area (Å²) in [6.07, 6.45) is 5.83. The minimum Gasteiger partial charge on any atom is -0.454 e. The first kappa shape index (κ1) is 14.6. The number of carbonyl (C=O) groups is 1. The molecule has 0 saturated heterocycles. The lowest BCUT2D eigenvalue weighted by molar-refractivity contribution is 0.0276. The van der Waals surface area contributed by atoms with Gasteiger partial charge in [-0.25, -0.2) is 4.79 Å². The molecule has 0 spiro atoms. The molecule has 1 atom stereocenters. The quantitative estimate of drug-likeness (QED) is 0.590. The van der Waals surface area contributed by atoms with Crippen molar-refractivity contribution < 1.29 is 9.53 Å². The van der Waals surface area contributed by atoms with Gasteiger partial charge in [-0.1, -0.05) is 49.1 Å². The maximum Gasteiger partial charge on any atom is 0.338 e. The van der Waals surface area contributed by atoms with Gasteiger partial charge in [0.15, 0.2) is 0 Å². The standard InChI is InChI=1S/C20H20O2/c1-2-15-11-13-17(14-12-15)20(21)22-19-10-6-4-8-16-7-3-5-9-18(16)19/h2-3,5,7,9,11-14,19H,1,4,6,8,10H2. The van der Waals surface area contributed by atoms with Crippen LogP contribution in [0.3, 0.4) is 0 Å². The monoisotopic (exact) mass is 292 g/mol. The third kappa shape index (κ3) is 3.11. The molecule has 0 aliphatic heterocycles. The van der Waals surface area contributed by atoms with E-state index in [1.54, 1.807) is 18.2 Å². The molecule has 0 bridgehead atoms. The van der Waals surface area contributed by atoms with Crippen LogP contribution in [0.5, 0.6) is 0 Å². The van der Waals surface area contributed by atoms with Gasteiger partial charge in [0, 0.05) is 0 Å². The van der Waals surface area contributed by atoms with Crippen LogP contribution in [0, 0.1) is 0 Å². The summed E-state index contributed by atoms with van der Waals surface area (Å²) in [5.74, 6) is -0.252. The number of rotatable bonds is 3. The topological polar surface area (TPSA) is 26.3 Å². The van der Waals surface area contributed by atoms with E-state index < -0.39 is 0 Å². The van der Waals surface area contributed by atoms with E-state index >= 15 is 0 Å². The van der Waals surface area contributed by atoms with Gasteiger partial charge in [0.25, 0.3) is 0 Å². The first-order valence-electron chi connectivity index (χ1n) is 7.79. The molecular formula is C20H20O2. The zero-order valence-electron chi connectivity index (χ0n) is 12.6. The Morgan fingerprint density at radius 3 is 2.64 bits per heavy atom. The van der Waals surface area contributed by atoms with Gasteiger partial charge in [-0.2, -0.15) is 0 Å². The van der Waals surface area contributed by atoms with Gasteiger partial charge in [-0.05, 0) is 54.5 Å². The zero-order chi connectivity index (χ0) is 15.4. The Kier molecular flexibility index (Phi) is 4.38. The fraction of sp³-hybridized carbons (Fsp3) is 0.250. The predicted molar refractivity (Wildman–Crippen MR) is 88.7 cm³/mol. The second-order valence-electron chi connectivity index (χ2n) is 5.66. The van der Waals surface area contributed by atoms with Crippen molar-refractivity contribution in [3.05, 3.63) is 77.4 Å². The smallest absolute Gasteiger partial charge is 0.338 e. The number of esters is 1. The van der Waals surface area contributed by atoms with Crippen LogP contribution in [0.4, 0.5) is 0 Å². The second-order valence-corrected chi connectivity index (χ2v) is 5.66. The highest BCUT2D eigenvalue weighted by Gasteiger charge is 2.22. The minimum atomic E-state index is -0.252. The van der Waals surface area contributed by atoms with Gasteiger partial charge in [0.2, 0.25) is 0 Å². The van der Waals surface area contributed by atoms with E-state index in [2.05, 4.69) is 24.8 Å². The molecule has 1 unspecified atom stereocenters. The van der Waals surface area contributed by atoms with E-state index in [0.29, 0.717) is 5.56 Å². The molecule has 0 amide bonds. The van der Waals surface area contributed by atoms with E-state index in [4.69, 9.17) is 4.74 Å². The maximum atomic E-state index is 12.4. The van der Waals surface area contributed by atoms with Crippen molar-refractivity contribution in [3.8, 4) is 0 Å². The molecule has 0 heterocycles. The summed E-state index contributed by atoms with van der Waals surface area (Å²) >= 11 is 0. The summed E-state index contributed by atoms with van der Waals surface area (Å²) in [5, 5.41) is 0. The first-order chi connectivity index (χ1) is 10.8. The van der Waals surface area contributed by atoms with Gasteiger partial charge in [0.05, 0.1) is 5.56 Å². The SMILES string of the molecule is C=Cc1ccc(C(=O)OC2CCCCc3ccccc32)cc1. The van der Waals surface area contributed by atoms with Gasteiger partial charge < -0.3 is 4.74 Å². The number of carbonyl (C=O) groups excluding carboxylic acids is 1.